The predicted molar refractivity (Wildman–Crippen MR) is 79.3 cm³/mol. The van der Waals surface area contributed by atoms with E-state index in [0.717, 1.165) is 6.54 Å². The molecule has 1 fully saturated rings. The Morgan fingerprint density at radius 1 is 1.40 bits per heavy atom. The van der Waals surface area contributed by atoms with Crippen LogP contribution in [0.25, 0.3) is 0 Å². The lowest BCUT2D eigenvalue weighted by Crippen LogP contribution is -2.32. The van der Waals surface area contributed by atoms with Crippen molar-refractivity contribution < 1.29 is 9.53 Å². The van der Waals surface area contributed by atoms with E-state index in [-0.39, 0.29) is 12.5 Å². The molecule has 4 heteroatoms. The fourth-order valence-corrected chi connectivity index (χ4v) is 2.71. The van der Waals surface area contributed by atoms with Crippen LogP contribution in [0.2, 0.25) is 0 Å². The molecule has 1 amide bonds. The predicted octanol–water partition coefficient (Wildman–Crippen LogP) is 1.39. The molecule has 108 valence electrons. The largest absolute Gasteiger partial charge is 0.368 e. The zero-order valence-corrected chi connectivity index (χ0v) is 11.7. The molecule has 4 nitrogen and oxygen atoms in total. The Labute approximate surface area is 120 Å². The number of nitrogens with zero attached hydrogens (tertiary/aromatic N) is 1. The van der Waals surface area contributed by atoms with Gasteiger partial charge in [-0.3, -0.25) is 4.79 Å². The first-order valence-corrected chi connectivity index (χ1v) is 6.97. The molecule has 1 aliphatic heterocycles. The first-order valence-electron chi connectivity index (χ1n) is 6.97. The van der Waals surface area contributed by atoms with Gasteiger partial charge in [-0.15, -0.1) is 6.58 Å². The Hall–Kier alpha value is -1.65. The number of hydrogen-bond donors (Lipinski definition) is 1. The van der Waals surface area contributed by atoms with Crippen molar-refractivity contribution in [3.63, 3.8) is 0 Å². The highest BCUT2D eigenvalue weighted by Gasteiger charge is 2.34. The third-order valence-corrected chi connectivity index (χ3v) is 3.79. The van der Waals surface area contributed by atoms with Crippen LogP contribution < -0.4 is 5.73 Å². The number of nitrogens with two attached hydrogens (primary N) is 1. The first kappa shape index (κ1) is 14.8. The van der Waals surface area contributed by atoms with Crippen molar-refractivity contribution in [1.29, 1.82) is 0 Å². The Morgan fingerprint density at radius 2 is 2.15 bits per heavy atom. The van der Waals surface area contributed by atoms with Crippen molar-refractivity contribution >= 4 is 5.91 Å². The monoisotopic (exact) mass is 274 g/mol. The van der Waals surface area contributed by atoms with E-state index in [4.69, 9.17) is 10.5 Å². The molecule has 0 radical (unpaired) electrons. The molecule has 2 N–H and O–H groups in total. The Morgan fingerprint density at radius 3 is 2.80 bits per heavy atom. The molecule has 1 saturated heterocycles. The summed E-state index contributed by atoms with van der Waals surface area (Å²) in [6.45, 7) is 6.12. The molecular weight excluding hydrogens is 252 g/mol. The van der Waals surface area contributed by atoms with Gasteiger partial charge in [0.2, 0.25) is 5.91 Å². The highest BCUT2D eigenvalue weighted by atomic mass is 16.5. The van der Waals surface area contributed by atoms with Crippen LogP contribution in [-0.2, 0) is 9.53 Å². The molecule has 0 spiro atoms. The maximum Gasteiger partial charge on any atom is 0.248 e. The van der Waals surface area contributed by atoms with Gasteiger partial charge in [-0.05, 0) is 18.0 Å². The van der Waals surface area contributed by atoms with E-state index in [0.29, 0.717) is 31.5 Å². The van der Waals surface area contributed by atoms with Crippen LogP contribution >= 0.6 is 0 Å². The van der Waals surface area contributed by atoms with Crippen LogP contribution in [0.1, 0.15) is 11.5 Å². The SMILES string of the molecule is C=CCOCC(=O)N1C[C@@H](CN)[C@H](c2ccccc2)C1. The number of rotatable bonds is 6. The number of carbonyl (C=O) groups excluding carboxylic acids is 1. The fourth-order valence-electron chi connectivity index (χ4n) is 2.71. The van der Waals surface area contributed by atoms with E-state index in [1.54, 1.807) is 6.08 Å². The maximum atomic E-state index is 12.1. The molecule has 0 unspecified atom stereocenters. The average Bonchev–Trinajstić information content (AvgIpc) is 2.92. The van der Waals surface area contributed by atoms with Gasteiger partial charge in [0.1, 0.15) is 6.61 Å². The lowest BCUT2D eigenvalue weighted by molar-refractivity contribution is -0.134. The zero-order chi connectivity index (χ0) is 14.4. The molecule has 1 aromatic carbocycles. The van der Waals surface area contributed by atoms with Crippen molar-refractivity contribution in [1.82, 2.24) is 4.90 Å². The summed E-state index contributed by atoms with van der Waals surface area (Å²) >= 11 is 0. The molecule has 20 heavy (non-hydrogen) atoms. The van der Waals surface area contributed by atoms with E-state index < -0.39 is 0 Å². The summed E-state index contributed by atoms with van der Waals surface area (Å²) in [5.74, 6) is 0.675. The minimum Gasteiger partial charge on any atom is -0.368 e. The third kappa shape index (κ3) is 3.46. The highest BCUT2D eigenvalue weighted by molar-refractivity contribution is 5.78. The number of hydrogen-bond acceptors (Lipinski definition) is 3. The summed E-state index contributed by atoms with van der Waals surface area (Å²) in [5.41, 5.74) is 7.12. The van der Waals surface area contributed by atoms with Gasteiger partial charge in [-0.2, -0.15) is 0 Å². The smallest absolute Gasteiger partial charge is 0.248 e. The number of likely N-dealkylation sites (tertiary alicyclic amines) is 1. The van der Waals surface area contributed by atoms with Crippen molar-refractivity contribution in [2.45, 2.75) is 5.92 Å². The Balaban J connectivity index is 1.99. The molecule has 1 aliphatic rings. The van der Waals surface area contributed by atoms with E-state index in [9.17, 15) is 4.79 Å². The van der Waals surface area contributed by atoms with E-state index in [1.807, 2.05) is 23.1 Å². The quantitative estimate of drug-likeness (QED) is 0.630. The van der Waals surface area contributed by atoms with Crippen LogP contribution in [-0.4, -0.2) is 43.7 Å². The molecule has 2 rings (SSSR count). The number of amides is 1. The molecule has 0 saturated carbocycles. The lowest BCUT2D eigenvalue weighted by Gasteiger charge is -2.16. The minimum absolute atomic E-state index is 0.0312. The fraction of sp³-hybridized carbons (Fsp3) is 0.438. The van der Waals surface area contributed by atoms with Gasteiger partial charge in [-0.25, -0.2) is 0 Å². The van der Waals surface area contributed by atoms with Gasteiger partial charge >= 0.3 is 0 Å². The number of benzene rings is 1. The third-order valence-electron chi connectivity index (χ3n) is 3.79. The maximum absolute atomic E-state index is 12.1. The normalized spacial score (nSPS) is 21.9. The van der Waals surface area contributed by atoms with E-state index >= 15 is 0 Å². The van der Waals surface area contributed by atoms with Crippen molar-refractivity contribution in [2.75, 3.05) is 32.8 Å². The molecule has 2 atom stereocenters. The summed E-state index contributed by atoms with van der Waals surface area (Å²) in [5, 5.41) is 0. The second kappa shape index (κ2) is 7.22. The van der Waals surface area contributed by atoms with Gasteiger partial charge < -0.3 is 15.4 Å². The van der Waals surface area contributed by atoms with Crippen molar-refractivity contribution in [3.05, 3.63) is 48.6 Å². The van der Waals surface area contributed by atoms with Gasteiger partial charge in [0.25, 0.3) is 0 Å². The van der Waals surface area contributed by atoms with E-state index in [1.165, 1.54) is 5.56 Å². The number of carbonyl (C=O) groups is 1. The summed E-state index contributed by atoms with van der Waals surface area (Å²) in [6, 6.07) is 10.3. The Kier molecular flexibility index (Phi) is 5.32. The standard InChI is InChI=1S/C16H22N2O2/c1-2-8-20-12-16(19)18-10-14(9-17)15(11-18)13-6-4-3-5-7-13/h2-7,14-15H,1,8-12,17H2/t14-,15+/m1/s1. The highest BCUT2D eigenvalue weighted by Crippen LogP contribution is 2.31. The molecule has 1 heterocycles. The average molecular weight is 274 g/mol. The minimum atomic E-state index is 0.0312. The van der Waals surface area contributed by atoms with Crippen LogP contribution in [0.5, 0.6) is 0 Å². The van der Waals surface area contributed by atoms with Gasteiger partial charge in [0.15, 0.2) is 0 Å². The Bertz CT molecular complexity index is 447. The van der Waals surface area contributed by atoms with Crippen molar-refractivity contribution in [3.8, 4) is 0 Å². The molecule has 0 aliphatic carbocycles. The van der Waals surface area contributed by atoms with Crippen LogP contribution in [0.4, 0.5) is 0 Å². The topological polar surface area (TPSA) is 55.6 Å². The van der Waals surface area contributed by atoms with Gasteiger partial charge in [0.05, 0.1) is 6.61 Å². The van der Waals surface area contributed by atoms with Crippen LogP contribution in [0.3, 0.4) is 0 Å². The lowest BCUT2D eigenvalue weighted by atomic mass is 9.89. The molecular formula is C16H22N2O2. The summed E-state index contributed by atoms with van der Waals surface area (Å²) in [6.07, 6.45) is 1.65. The van der Waals surface area contributed by atoms with Crippen LogP contribution in [0, 0.1) is 5.92 Å². The molecule has 0 aromatic heterocycles. The second-order valence-corrected chi connectivity index (χ2v) is 5.12. The van der Waals surface area contributed by atoms with Gasteiger partial charge in [0, 0.05) is 19.0 Å². The summed E-state index contributed by atoms with van der Waals surface area (Å²) < 4.78 is 5.23. The summed E-state index contributed by atoms with van der Waals surface area (Å²) in [7, 11) is 0. The number of ether oxygens (including phenoxy) is 1. The first-order chi connectivity index (χ1) is 9.76. The van der Waals surface area contributed by atoms with Crippen LogP contribution in [0.15, 0.2) is 43.0 Å². The van der Waals surface area contributed by atoms with E-state index in [2.05, 4.69) is 18.7 Å². The zero-order valence-electron chi connectivity index (χ0n) is 11.7. The van der Waals surface area contributed by atoms with Crippen molar-refractivity contribution in [2.24, 2.45) is 11.7 Å². The van der Waals surface area contributed by atoms with Gasteiger partial charge in [-0.1, -0.05) is 36.4 Å². The summed E-state index contributed by atoms with van der Waals surface area (Å²) in [4.78, 5) is 13.9. The molecule has 0 bridgehead atoms. The molecule has 1 aromatic rings. The second-order valence-electron chi connectivity index (χ2n) is 5.12.